The Labute approximate surface area is 118 Å². The van der Waals surface area contributed by atoms with Crippen molar-refractivity contribution in [2.24, 2.45) is 0 Å². The second kappa shape index (κ2) is 6.22. The van der Waals surface area contributed by atoms with E-state index in [0.29, 0.717) is 11.6 Å². The van der Waals surface area contributed by atoms with E-state index in [9.17, 15) is 4.39 Å². The lowest BCUT2D eigenvalue weighted by Gasteiger charge is -2.17. The molecule has 2 nitrogen and oxygen atoms in total. The lowest BCUT2D eigenvalue weighted by Crippen LogP contribution is -2.20. The Morgan fingerprint density at radius 3 is 2.89 bits per heavy atom. The van der Waals surface area contributed by atoms with Crippen molar-refractivity contribution in [2.45, 2.75) is 26.4 Å². The fourth-order valence-corrected chi connectivity index (χ4v) is 2.40. The molecule has 102 valence electrons. The minimum absolute atomic E-state index is 0.257. The van der Waals surface area contributed by atoms with Crippen molar-refractivity contribution < 1.29 is 4.39 Å². The molecule has 1 heterocycles. The van der Waals surface area contributed by atoms with Gasteiger partial charge in [0.2, 0.25) is 0 Å². The van der Waals surface area contributed by atoms with Gasteiger partial charge in [0.1, 0.15) is 5.82 Å². The molecule has 1 aromatic carbocycles. The Bertz CT molecular complexity index is 551. The summed E-state index contributed by atoms with van der Waals surface area (Å²) < 4.78 is 15.4. The van der Waals surface area contributed by atoms with Gasteiger partial charge in [-0.2, -0.15) is 0 Å². The fraction of sp³-hybridized carbons (Fsp3) is 0.333. The summed E-state index contributed by atoms with van der Waals surface area (Å²) >= 11 is 6.11. The molecule has 0 spiro atoms. The van der Waals surface area contributed by atoms with Crippen molar-refractivity contribution in [2.75, 3.05) is 6.54 Å². The van der Waals surface area contributed by atoms with Gasteiger partial charge in [0.25, 0.3) is 0 Å². The Morgan fingerprint density at radius 2 is 2.16 bits per heavy atom. The van der Waals surface area contributed by atoms with Crippen LogP contribution in [-0.4, -0.2) is 11.1 Å². The van der Waals surface area contributed by atoms with E-state index in [4.69, 9.17) is 11.6 Å². The van der Waals surface area contributed by atoms with Crippen molar-refractivity contribution in [1.29, 1.82) is 0 Å². The first-order chi connectivity index (χ1) is 9.11. The molecule has 4 heteroatoms. The van der Waals surface area contributed by atoms with E-state index in [2.05, 4.69) is 29.8 Å². The predicted octanol–water partition coefficient (Wildman–Crippen LogP) is 4.00. The highest BCUT2D eigenvalue weighted by molar-refractivity contribution is 6.31. The second-order valence-electron chi connectivity index (χ2n) is 4.58. The summed E-state index contributed by atoms with van der Waals surface area (Å²) in [6.45, 7) is 5.68. The number of hydrogen-bond acceptors (Lipinski definition) is 1. The van der Waals surface area contributed by atoms with Gasteiger partial charge in [-0.25, -0.2) is 4.39 Å². The highest BCUT2D eigenvalue weighted by Gasteiger charge is 2.10. The minimum Gasteiger partial charge on any atom is -0.346 e. The molecule has 0 aliphatic rings. The summed E-state index contributed by atoms with van der Waals surface area (Å²) in [6.07, 6.45) is 1.99. The molecule has 0 aliphatic heterocycles. The number of benzene rings is 1. The second-order valence-corrected chi connectivity index (χ2v) is 4.98. The van der Waals surface area contributed by atoms with E-state index >= 15 is 0 Å². The van der Waals surface area contributed by atoms with Crippen LogP contribution < -0.4 is 5.32 Å². The van der Waals surface area contributed by atoms with Crippen molar-refractivity contribution in [3.8, 4) is 0 Å². The zero-order valence-corrected chi connectivity index (χ0v) is 11.9. The van der Waals surface area contributed by atoms with Crippen LogP contribution in [0.2, 0.25) is 5.02 Å². The van der Waals surface area contributed by atoms with Gasteiger partial charge in [-0.1, -0.05) is 18.5 Å². The smallest absolute Gasteiger partial charge is 0.123 e. The molecular weight excluding hydrogens is 263 g/mol. The predicted molar refractivity (Wildman–Crippen MR) is 77.0 cm³/mol. The van der Waals surface area contributed by atoms with Crippen LogP contribution in [0.5, 0.6) is 0 Å². The Morgan fingerprint density at radius 1 is 1.37 bits per heavy atom. The third-order valence-electron chi connectivity index (χ3n) is 3.17. The summed E-state index contributed by atoms with van der Waals surface area (Å²) in [5, 5.41) is 3.97. The van der Waals surface area contributed by atoms with Crippen LogP contribution in [-0.2, 0) is 6.54 Å². The molecule has 0 aliphatic carbocycles. The average molecular weight is 281 g/mol. The van der Waals surface area contributed by atoms with Crippen LogP contribution in [0.4, 0.5) is 4.39 Å². The molecule has 1 aromatic heterocycles. The largest absolute Gasteiger partial charge is 0.346 e. The summed E-state index contributed by atoms with van der Waals surface area (Å²) in [5.41, 5.74) is 1.96. The monoisotopic (exact) mass is 280 g/mol. The fourth-order valence-electron chi connectivity index (χ4n) is 2.22. The molecule has 2 rings (SSSR count). The lowest BCUT2D eigenvalue weighted by molar-refractivity contribution is 0.552. The van der Waals surface area contributed by atoms with Crippen molar-refractivity contribution in [3.63, 3.8) is 0 Å². The number of aromatic nitrogens is 1. The van der Waals surface area contributed by atoms with Gasteiger partial charge < -0.3 is 9.88 Å². The van der Waals surface area contributed by atoms with E-state index in [1.54, 1.807) is 6.07 Å². The van der Waals surface area contributed by atoms with Gasteiger partial charge in [0, 0.05) is 29.5 Å². The molecule has 2 aromatic rings. The molecule has 0 saturated heterocycles. The van der Waals surface area contributed by atoms with Crippen molar-refractivity contribution in [3.05, 3.63) is 58.6 Å². The number of halogens is 2. The Balaban J connectivity index is 2.24. The summed E-state index contributed by atoms with van der Waals surface area (Å²) in [4.78, 5) is 0. The Kier molecular flexibility index (Phi) is 4.61. The minimum atomic E-state index is -0.257. The molecule has 1 unspecified atom stereocenters. The summed E-state index contributed by atoms with van der Waals surface area (Å²) in [6, 6.07) is 8.79. The van der Waals surface area contributed by atoms with Crippen molar-refractivity contribution >= 4 is 11.6 Å². The number of hydrogen-bond donors (Lipinski definition) is 1. The quantitative estimate of drug-likeness (QED) is 0.876. The van der Waals surface area contributed by atoms with Crippen LogP contribution in [0.25, 0.3) is 0 Å². The standard InChI is InChI=1S/C15H18ClFN2/c1-3-18-11(2)15-5-4-8-19(15)10-12-9-13(17)6-7-14(12)16/h4-9,11,18H,3,10H2,1-2H3. The maximum Gasteiger partial charge on any atom is 0.123 e. The molecular formula is C15H18ClFN2. The van der Waals surface area contributed by atoms with Gasteiger partial charge in [-0.05, 0) is 49.4 Å². The van der Waals surface area contributed by atoms with E-state index in [1.165, 1.54) is 17.8 Å². The third-order valence-corrected chi connectivity index (χ3v) is 3.54. The van der Waals surface area contributed by atoms with E-state index in [0.717, 1.165) is 12.1 Å². The first-order valence-corrected chi connectivity index (χ1v) is 6.82. The summed E-state index contributed by atoms with van der Waals surface area (Å²) in [7, 11) is 0. The van der Waals surface area contributed by atoms with Crippen LogP contribution in [0.15, 0.2) is 36.5 Å². The van der Waals surface area contributed by atoms with Gasteiger partial charge >= 0.3 is 0 Å². The Hall–Kier alpha value is -1.32. The topological polar surface area (TPSA) is 17.0 Å². The highest BCUT2D eigenvalue weighted by atomic mass is 35.5. The SMILES string of the molecule is CCNC(C)c1cccn1Cc1cc(F)ccc1Cl. The van der Waals surface area contributed by atoms with E-state index in [-0.39, 0.29) is 11.9 Å². The van der Waals surface area contributed by atoms with Crippen LogP contribution in [0.3, 0.4) is 0 Å². The van der Waals surface area contributed by atoms with Gasteiger partial charge in [-0.15, -0.1) is 0 Å². The van der Waals surface area contributed by atoms with Gasteiger partial charge in [0.05, 0.1) is 0 Å². The number of rotatable bonds is 5. The summed E-state index contributed by atoms with van der Waals surface area (Å²) in [5.74, 6) is -0.257. The zero-order chi connectivity index (χ0) is 13.8. The number of nitrogens with zero attached hydrogens (tertiary/aromatic N) is 1. The molecule has 0 amide bonds. The molecule has 0 fully saturated rings. The zero-order valence-electron chi connectivity index (χ0n) is 11.2. The van der Waals surface area contributed by atoms with Crippen LogP contribution >= 0.6 is 11.6 Å². The van der Waals surface area contributed by atoms with E-state index < -0.39 is 0 Å². The maximum absolute atomic E-state index is 13.3. The van der Waals surface area contributed by atoms with E-state index in [1.807, 2.05) is 12.3 Å². The highest BCUT2D eigenvalue weighted by Crippen LogP contribution is 2.21. The third kappa shape index (κ3) is 3.37. The van der Waals surface area contributed by atoms with Crippen LogP contribution in [0, 0.1) is 5.82 Å². The number of nitrogens with one attached hydrogen (secondary N) is 1. The van der Waals surface area contributed by atoms with Gasteiger partial charge in [0.15, 0.2) is 0 Å². The first-order valence-electron chi connectivity index (χ1n) is 6.44. The molecule has 0 radical (unpaired) electrons. The normalized spacial score (nSPS) is 12.6. The average Bonchev–Trinajstić information content (AvgIpc) is 2.82. The first kappa shape index (κ1) is 14.1. The molecule has 0 saturated carbocycles. The molecule has 0 bridgehead atoms. The molecule has 1 N–H and O–H groups in total. The lowest BCUT2D eigenvalue weighted by atomic mass is 10.2. The van der Waals surface area contributed by atoms with Crippen LogP contribution in [0.1, 0.15) is 31.1 Å². The van der Waals surface area contributed by atoms with Gasteiger partial charge in [-0.3, -0.25) is 0 Å². The molecule has 1 atom stereocenters. The maximum atomic E-state index is 13.3. The molecule has 19 heavy (non-hydrogen) atoms. The van der Waals surface area contributed by atoms with Crippen molar-refractivity contribution in [1.82, 2.24) is 9.88 Å².